The number of amides is 2. The van der Waals surface area contributed by atoms with E-state index in [-0.39, 0.29) is 47.7 Å². The van der Waals surface area contributed by atoms with Crippen LogP contribution in [0, 0.1) is 24.6 Å². The smallest absolute Gasteiger partial charge is 0.226 e. The van der Waals surface area contributed by atoms with E-state index < -0.39 is 0 Å². The van der Waals surface area contributed by atoms with Crippen LogP contribution in [-0.2, 0) is 16.1 Å². The minimum absolute atomic E-state index is 0.0160. The van der Waals surface area contributed by atoms with E-state index >= 15 is 0 Å². The lowest BCUT2D eigenvalue weighted by Gasteiger charge is -2.46. The maximum absolute atomic E-state index is 13.1. The molecule has 2 heterocycles. The van der Waals surface area contributed by atoms with Crippen molar-refractivity contribution in [3.63, 3.8) is 0 Å². The summed E-state index contributed by atoms with van der Waals surface area (Å²) in [5.74, 6) is -0.553. The van der Waals surface area contributed by atoms with Crippen LogP contribution < -0.4 is 21.6 Å². The van der Waals surface area contributed by atoms with Gasteiger partial charge in [-0.2, -0.15) is 5.53 Å². The first-order valence-electron chi connectivity index (χ1n) is 11.2. The minimum atomic E-state index is -0.292. The Morgan fingerprint density at radius 1 is 1.19 bits per heavy atom. The second-order valence-corrected chi connectivity index (χ2v) is 9.04. The van der Waals surface area contributed by atoms with Crippen molar-refractivity contribution in [3.8, 4) is 0 Å². The van der Waals surface area contributed by atoms with Crippen molar-refractivity contribution in [1.82, 2.24) is 26.6 Å². The highest BCUT2D eigenvalue weighted by molar-refractivity contribution is 5.83. The molecule has 5 unspecified atom stereocenters. The lowest BCUT2D eigenvalue weighted by molar-refractivity contribution is -0.143. The van der Waals surface area contributed by atoms with Gasteiger partial charge in [0.15, 0.2) is 0 Å². The number of halogens is 1. The summed E-state index contributed by atoms with van der Waals surface area (Å²) < 4.78 is 13.1. The zero-order valence-corrected chi connectivity index (χ0v) is 18.0. The molecule has 5 rings (SSSR count). The summed E-state index contributed by atoms with van der Waals surface area (Å²) in [4.78, 5) is 25.8. The van der Waals surface area contributed by atoms with E-state index in [0.717, 1.165) is 11.1 Å². The van der Waals surface area contributed by atoms with Gasteiger partial charge in [0.25, 0.3) is 0 Å². The molecule has 0 aromatic heterocycles. The number of carbonyl (C=O) groups is 2. The molecule has 2 aliphatic heterocycles. The Kier molecular flexibility index (Phi) is 5.67. The summed E-state index contributed by atoms with van der Waals surface area (Å²) in [5, 5.41) is 8.23. The SMILES string of the molecule is Cc1cccc(C2NNN3C4CC(C(=O)NCc5ccc(F)cc5)CCC4C(=O)NC23)c1. The average molecular weight is 438 g/mol. The normalized spacial score (nSPS) is 29.7. The Morgan fingerprint density at radius 2 is 2.00 bits per heavy atom. The van der Waals surface area contributed by atoms with Crippen LogP contribution in [0.1, 0.15) is 42.0 Å². The number of hydrogen-bond donors (Lipinski definition) is 4. The number of hydrazine groups is 2. The average Bonchev–Trinajstić information content (AvgIpc) is 3.22. The van der Waals surface area contributed by atoms with Gasteiger partial charge < -0.3 is 10.6 Å². The van der Waals surface area contributed by atoms with Gasteiger partial charge >= 0.3 is 0 Å². The molecular formula is C24H28FN5O2. The molecule has 5 atom stereocenters. The van der Waals surface area contributed by atoms with Gasteiger partial charge in [-0.3, -0.25) is 9.59 Å². The second kappa shape index (κ2) is 8.61. The molecule has 1 aliphatic carbocycles. The maximum Gasteiger partial charge on any atom is 0.226 e. The number of carbonyl (C=O) groups excluding carboxylic acids is 2. The summed E-state index contributed by atoms with van der Waals surface area (Å²) in [6.45, 7) is 2.42. The van der Waals surface area contributed by atoms with Gasteiger partial charge in [0.2, 0.25) is 11.8 Å². The van der Waals surface area contributed by atoms with Crippen molar-refractivity contribution in [1.29, 1.82) is 0 Å². The van der Waals surface area contributed by atoms with E-state index in [4.69, 9.17) is 0 Å². The number of hydrogen-bond acceptors (Lipinski definition) is 5. The van der Waals surface area contributed by atoms with E-state index in [0.29, 0.717) is 25.8 Å². The molecule has 0 spiro atoms. The Balaban J connectivity index is 1.27. The molecular weight excluding hydrogens is 409 g/mol. The lowest BCUT2D eigenvalue weighted by Crippen LogP contribution is -2.65. The Bertz CT molecular complexity index is 1010. The van der Waals surface area contributed by atoms with Crippen molar-refractivity contribution in [2.24, 2.45) is 11.8 Å². The van der Waals surface area contributed by atoms with Crippen molar-refractivity contribution >= 4 is 11.8 Å². The first kappa shape index (κ1) is 21.1. The fourth-order valence-electron chi connectivity index (χ4n) is 5.21. The quantitative estimate of drug-likeness (QED) is 0.589. The van der Waals surface area contributed by atoms with Gasteiger partial charge in [-0.05, 0) is 49.4 Å². The minimum Gasteiger partial charge on any atom is -0.352 e. The van der Waals surface area contributed by atoms with Crippen molar-refractivity contribution < 1.29 is 14.0 Å². The zero-order chi connectivity index (χ0) is 22.2. The molecule has 0 radical (unpaired) electrons. The third kappa shape index (κ3) is 4.01. The number of benzene rings is 2. The van der Waals surface area contributed by atoms with Crippen LogP contribution in [0.25, 0.3) is 0 Å². The van der Waals surface area contributed by atoms with Crippen molar-refractivity contribution in [2.45, 2.75) is 51.0 Å². The van der Waals surface area contributed by atoms with Crippen molar-refractivity contribution in [3.05, 3.63) is 71.0 Å². The zero-order valence-electron chi connectivity index (χ0n) is 18.0. The second-order valence-electron chi connectivity index (χ2n) is 9.04. The number of rotatable bonds is 4. The maximum atomic E-state index is 13.1. The van der Waals surface area contributed by atoms with Gasteiger partial charge in [0, 0.05) is 18.5 Å². The first-order valence-corrected chi connectivity index (χ1v) is 11.2. The third-order valence-electron chi connectivity index (χ3n) is 6.92. The van der Waals surface area contributed by atoms with Crippen LogP contribution in [0.2, 0.25) is 0 Å². The van der Waals surface area contributed by atoms with E-state index in [1.165, 1.54) is 17.7 Å². The van der Waals surface area contributed by atoms with Gasteiger partial charge in [-0.1, -0.05) is 42.0 Å². The molecule has 2 amide bonds. The molecule has 168 valence electrons. The molecule has 2 saturated heterocycles. The fourth-order valence-corrected chi connectivity index (χ4v) is 5.21. The molecule has 32 heavy (non-hydrogen) atoms. The summed E-state index contributed by atoms with van der Waals surface area (Å²) in [6.07, 6.45) is 1.74. The van der Waals surface area contributed by atoms with Gasteiger partial charge in [0.1, 0.15) is 12.0 Å². The van der Waals surface area contributed by atoms with Crippen LogP contribution in [0.4, 0.5) is 4.39 Å². The van der Waals surface area contributed by atoms with Gasteiger partial charge in [0.05, 0.1) is 12.0 Å². The van der Waals surface area contributed by atoms with E-state index in [1.54, 1.807) is 12.1 Å². The summed E-state index contributed by atoms with van der Waals surface area (Å²) in [5.41, 5.74) is 9.72. The summed E-state index contributed by atoms with van der Waals surface area (Å²) in [7, 11) is 0. The highest BCUT2D eigenvalue weighted by Gasteiger charge is 2.51. The molecule has 7 nitrogen and oxygen atoms in total. The molecule has 8 heteroatoms. The molecule has 1 saturated carbocycles. The Labute approximate surface area is 186 Å². The topological polar surface area (TPSA) is 85.5 Å². The number of fused-ring (bicyclic) bond motifs is 3. The van der Waals surface area contributed by atoms with E-state index in [9.17, 15) is 14.0 Å². The fraction of sp³-hybridized carbons (Fsp3) is 0.417. The lowest BCUT2D eigenvalue weighted by atomic mass is 9.75. The number of aryl methyl sites for hydroxylation is 1. The summed E-state index contributed by atoms with van der Waals surface area (Å²) in [6, 6.07) is 14.2. The van der Waals surface area contributed by atoms with Gasteiger partial charge in [-0.15, -0.1) is 0 Å². The van der Waals surface area contributed by atoms with Crippen molar-refractivity contribution in [2.75, 3.05) is 0 Å². The third-order valence-corrected chi connectivity index (χ3v) is 6.92. The highest BCUT2D eigenvalue weighted by Crippen LogP contribution is 2.38. The molecule has 0 bridgehead atoms. The monoisotopic (exact) mass is 437 g/mol. The van der Waals surface area contributed by atoms with Crippen LogP contribution >= 0.6 is 0 Å². The molecule has 4 N–H and O–H groups in total. The predicted octanol–water partition coefficient (Wildman–Crippen LogP) is 2.06. The van der Waals surface area contributed by atoms with Crippen LogP contribution in [-0.4, -0.2) is 29.0 Å². The number of nitrogens with zero attached hydrogens (tertiary/aromatic N) is 1. The molecule has 2 aromatic rings. The largest absolute Gasteiger partial charge is 0.352 e. The van der Waals surface area contributed by atoms with E-state index in [2.05, 4.69) is 51.7 Å². The molecule has 2 aromatic carbocycles. The first-order chi connectivity index (χ1) is 15.5. The van der Waals surface area contributed by atoms with Crippen LogP contribution in [0.15, 0.2) is 48.5 Å². The van der Waals surface area contributed by atoms with Crippen LogP contribution in [0.5, 0.6) is 0 Å². The predicted molar refractivity (Wildman–Crippen MR) is 117 cm³/mol. The standard InChI is InChI=1S/C24H28FN5O2/c1-14-3-2-4-16(11-14)21-22-27-24(32)19-10-7-17(12-20(19)30(22)29-28-21)23(31)26-13-15-5-8-18(25)9-6-15/h2-6,8-9,11,17,19-22,28-29H,7,10,12-13H2,1H3,(H,26,31)(H,27,32). The molecule has 3 aliphatic rings. The Morgan fingerprint density at radius 3 is 2.78 bits per heavy atom. The van der Waals surface area contributed by atoms with Gasteiger partial charge in [-0.25, -0.2) is 14.8 Å². The van der Waals surface area contributed by atoms with Crippen LogP contribution in [0.3, 0.4) is 0 Å². The number of nitrogens with one attached hydrogen (secondary N) is 4. The van der Waals surface area contributed by atoms with E-state index in [1.807, 2.05) is 6.07 Å². The highest BCUT2D eigenvalue weighted by atomic mass is 19.1. The molecule has 3 fully saturated rings. The Hall–Kier alpha value is -2.81. The summed E-state index contributed by atoms with van der Waals surface area (Å²) >= 11 is 0.